The van der Waals surface area contributed by atoms with Crippen molar-refractivity contribution in [2.75, 3.05) is 38.2 Å². The van der Waals surface area contributed by atoms with E-state index < -0.39 is 12.1 Å². The van der Waals surface area contributed by atoms with Crippen molar-refractivity contribution in [1.82, 2.24) is 4.90 Å². The molecule has 2 N–H and O–H groups in total. The molecule has 1 amide bonds. The largest absolute Gasteiger partial charge is 0.392 e. The Morgan fingerprint density at radius 3 is 2.44 bits per heavy atom. The Morgan fingerprint density at radius 2 is 1.78 bits per heavy atom. The number of carbonyl (C=O) groups excluding carboxylic acids is 1. The maximum atomic E-state index is 11.6. The maximum absolute atomic E-state index is 11.6. The molecule has 36 heavy (non-hydrogen) atoms. The fourth-order valence-electron chi connectivity index (χ4n) is 5.41. The van der Waals surface area contributed by atoms with Crippen molar-refractivity contribution in [1.29, 1.82) is 0 Å². The van der Waals surface area contributed by atoms with Gasteiger partial charge in [-0.05, 0) is 23.3 Å². The zero-order valence-electron chi connectivity index (χ0n) is 21.0. The average molecular weight is 497 g/mol. The number of nitrogens with one attached hydrogen (secondary N) is 1. The van der Waals surface area contributed by atoms with Gasteiger partial charge in [-0.15, -0.1) is 0 Å². The molecule has 2 aromatic rings. The lowest BCUT2D eigenvalue weighted by atomic mass is 9.89. The highest BCUT2D eigenvalue weighted by molar-refractivity contribution is 5.88. The molecular formula is C28H36N2O6. The van der Waals surface area contributed by atoms with Gasteiger partial charge in [-0.2, -0.15) is 0 Å². The molecule has 1 spiro atoms. The minimum Gasteiger partial charge on any atom is -0.392 e. The lowest BCUT2D eigenvalue weighted by molar-refractivity contribution is -0.278. The number of carbonyl (C=O) groups is 1. The van der Waals surface area contributed by atoms with Crippen LogP contribution in [0.3, 0.4) is 0 Å². The van der Waals surface area contributed by atoms with Gasteiger partial charge >= 0.3 is 0 Å². The van der Waals surface area contributed by atoms with Crippen molar-refractivity contribution in [2.45, 2.75) is 57.6 Å². The number of hydrogen-bond acceptors (Lipinski definition) is 7. The molecule has 0 aliphatic carbocycles. The highest BCUT2D eigenvalue weighted by Gasteiger charge is 2.43. The van der Waals surface area contributed by atoms with Crippen LogP contribution in [0.4, 0.5) is 5.69 Å². The van der Waals surface area contributed by atoms with Crippen molar-refractivity contribution in [2.24, 2.45) is 5.92 Å². The molecule has 3 fully saturated rings. The Kier molecular flexibility index (Phi) is 7.71. The minimum atomic E-state index is -0.569. The Balaban J connectivity index is 1.36. The van der Waals surface area contributed by atoms with Gasteiger partial charge in [-0.3, -0.25) is 4.79 Å². The fraction of sp³-hybridized carbons (Fsp3) is 0.536. The van der Waals surface area contributed by atoms with E-state index in [0.29, 0.717) is 18.9 Å². The second kappa shape index (κ2) is 11.0. The number of anilines is 1. The Labute approximate surface area is 212 Å². The summed E-state index contributed by atoms with van der Waals surface area (Å²) in [5.74, 6) is -0.416. The summed E-state index contributed by atoms with van der Waals surface area (Å²) < 4.78 is 24.9. The third kappa shape index (κ3) is 5.64. The predicted molar refractivity (Wildman–Crippen MR) is 134 cm³/mol. The van der Waals surface area contributed by atoms with Crippen molar-refractivity contribution in [3.05, 3.63) is 65.2 Å². The number of aliphatic hydroxyl groups is 1. The van der Waals surface area contributed by atoms with Crippen molar-refractivity contribution in [3.8, 4) is 0 Å². The van der Waals surface area contributed by atoms with Gasteiger partial charge in [-0.25, -0.2) is 0 Å². The van der Waals surface area contributed by atoms with Gasteiger partial charge in [0.05, 0.1) is 32.0 Å². The first-order chi connectivity index (χ1) is 17.4. The van der Waals surface area contributed by atoms with Crippen molar-refractivity contribution in [3.63, 3.8) is 0 Å². The summed E-state index contributed by atoms with van der Waals surface area (Å²) in [6.07, 6.45) is 0.913. The molecule has 4 atom stereocenters. The van der Waals surface area contributed by atoms with E-state index in [2.05, 4.69) is 17.1 Å². The van der Waals surface area contributed by atoms with E-state index in [9.17, 15) is 9.90 Å². The van der Waals surface area contributed by atoms with Gasteiger partial charge in [0, 0.05) is 56.6 Å². The zero-order chi connectivity index (χ0) is 25.1. The summed E-state index contributed by atoms with van der Waals surface area (Å²) in [4.78, 5) is 14.0. The zero-order valence-corrected chi connectivity index (χ0v) is 21.0. The summed E-state index contributed by atoms with van der Waals surface area (Å²) in [5, 5.41) is 12.3. The molecule has 8 heteroatoms. The summed E-state index contributed by atoms with van der Waals surface area (Å²) in [5.41, 5.74) is 3.50. The smallest absolute Gasteiger partial charge is 0.221 e. The van der Waals surface area contributed by atoms with Crippen LogP contribution >= 0.6 is 0 Å². The van der Waals surface area contributed by atoms with Crippen LogP contribution in [-0.2, 0) is 30.3 Å². The molecule has 3 aliphatic rings. The SMILES string of the molecule is CC(=O)Nc1cccc(C2OC(CN3CCC4(CC3)OCCO4)C(C)C(c3ccc(CO)cc3)O2)c1. The highest BCUT2D eigenvalue weighted by atomic mass is 16.7. The summed E-state index contributed by atoms with van der Waals surface area (Å²) in [6.45, 7) is 7.61. The van der Waals surface area contributed by atoms with Gasteiger partial charge in [0.25, 0.3) is 0 Å². The first kappa shape index (κ1) is 25.3. The fourth-order valence-corrected chi connectivity index (χ4v) is 5.41. The number of rotatable bonds is 6. The average Bonchev–Trinajstić information content (AvgIpc) is 3.34. The molecule has 0 radical (unpaired) electrons. The molecule has 4 unspecified atom stereocenters. The summed E-state index contributed by atoms with van der Waals surface area (Å²) in [6, 6.07) is 15.6. The second-order valence-corrected chi connectivity index (χ2v) is 10.0. The van der Waals surface area contributed by atoms with E-state index in [1.165, 1.54) is 6.92 Å². The molecule has 0 bridgehead atoms. The molecule has 8 nitrogen and oxygen atoms in total. The number of aliphatic hydroxyl groups excluding tert-OH is 1. The Morgan fingerprint density at radius 1 is 1.06 bits per heavy atom. The van der Waals surface area contributed by atoms with Crippen molar-refractivity contribution >= 4 is 11.6 Å². The van der Waals surface area contributed by atoms with E-state index >= 15 is 0 Å². The quantitative estimate of drug-likeness (QED) is 0.629. The minimum absolute atomic E-state index is 0.00946. The van der Waals surface area contributed by atoms with E-state index in [1.54, 1.807) is 0 Å². The van der Waals surface area contributed by atoms with Gasteiger partial charge in [-0.1, -0.05) is 43.3 Å². The second-order valence-electron chi connectivity index (χ2n) is 10.0. The third-order valence-electron chi connectivity index (χ3n) is 7.47. The Hall–Kier alpha value is -2.33. The Bertz CT molecular complexity index is 1030. The van der Waals surface area contributed by atoms with Crippen LogP contribution in [0.5, 0.6) is 0 Å². The normalized spacial score (nSPS) is 28.3. The number of likely N-dealkylation sites (tertiary alicyclic amines) is 1. The molecule has 194 valence electrons. The van der Waals surface area contributed by atoms with E-state index in [-0.39, 0.29) is 30.6 Å². The molecule has 3 heterocycles. The summed E-state index contributed by atoms with van der Waals surface area (Å²) >= 11 is 0. The number of piperidine rings is 1. The topological polar surface area (TPSA) is 89.5 Å². The third-order valence-corrected chi connectivity index (χ3v) is 7.47. The van der Waals surface area contributed by atoms with Crippen LogP contribution in [0.25, 0.3) is 0 Å². The van der Waals surface area contributed by atoms with Crippen LogP contribution in [0.15, 0.2) is 48.5 Å². The van der Waals surface area contributed by atoms with Crippen LogP contribution in [0.1, 0.15) is 55.8 Å². The standard InChI is InChI=1S/C28H36N2O6/c1-19-25(17-30-12-10-28(11-13-30)33-14-15-34-28)35-27(23-4-3-5-24(16-23)29-20(2)32)36-26(19)22-8-6-21(18-31)7-9-22/h3-9,16,19,25-27,31H,10-15,17-18H2,1-2H3,(H,29,32). The molecule has 0 saturated carbocycles. The lowest BCUT2D eigenvalue weighted by Crippen LogP contribution is -2.50. The van der Waals surface area contributed by atoms with E-state index in [0.717, 1.165) is 49.2 Å². The molecule has 3 saturated heterocycles. The monoisotopic (exact) mass is 496 g/mol. The highest BCUT2D eigenvalue weighted by Crippen LogP contribution is 2.42. The summed E-state index contributed by atoms with van der Waals surface area (Å²) in [7, 11) is 0. The molecule has 2 aromatic carbocycles. The van der Waals surface area contributed by atoms with Gasteiger partial charge in [0.1, 0.15) is 0 Å². The molecule has 3 aliphatic heterocycles. The molecule has 5 rings (SSSR count). The number of amides is 1. The molecule has 0 aromatic heterocycles. The first-order valence-electron chi connectivity index (χ1n) is 12.8. The van der Waals surface area contributed by atoms with Crippen LogP contribution < -0.4 is 5.32 Å². The van der Waals surface area contributed by atoms with Gasteiger partial charge in [0.15, 0.2) is 12.1 Å². The predicted octanol–water partition coefficient (Wildman–Crippen LogP) is 3.77. The number of ether oxygens (including phenoxy) is 4. The van der Waals surface area contributed by atoms with Gasteiger partial charge < -0.3 is 34.3 Å². The van der Waals surface area contributed by atoms with E-state index in [4.69, 9.17) is 18.9 Å². The van der Waals surface area contributed by atoms with E-state index in [1.807, 2.05) is 48.5 Å². The van der Waals surface area contributed by atoms with Crippen LogP contribution in [0, 0.1) is 5.92 Å². The van der Waals surface area contributed by atoms with Crippen molar-refractivity contribution < 1.29 is 28.8 Å². The maximum Gasteiger partial charge on any atom is 0.221 e. The lowest BCUT2D eigenvalue weighted by Gasteiger charge is -2.44. The molecular weight excluding hydrogens is 460 g/mol. The van der Waals surface area contributed by atoms with Crippen LogP contribution in [0.2, 0.25) is 0 Å². The number of hydrogen-bond donors (Lipinski definition) is 2. The number of benzene rings is 2. The first-order valence-corrected chi connectivity index (χ1v) is 12.8. The van der Waals surface area contributed by atoms with Crippen LogP contribution in [-0.4, -0.2) is 60.7 Å². The number of nitrogens with zero attached hydrogens (tertiary/aromatic N) is 1. The van der Waals surface area contributed by atoms with Gasteiger partial charge in [0.2, 0.25) is 5.91 Å².